The second-order valence-corrected chi connectivity index (χ2v) is 6.04. The van der Waals surface area contributed by atoms with Gasteiger partial charge in [-0.1, -0.05) is 48.5 Å². The van der Waals surface area contributed by atoms with Gasteiger partial charge in [-0.05, 0) is 30.0 Å². The summed E-state index contributed by atoms with van der Waals surface area (Å²) in [6.07, 6.45) is 2.04. The molecule has 0 fully saturated rings. The maximum atomic E-state index is 12.6. The van der Waals surface area contributed by atoms with E-state index in [1.807, 2.05) is 41.3 Å². The number of amides is 1. The van der Waals surface area contributed by atoms with Crippen LogP contribution >= 0.6 is 24.0 Å². The Morgan fingerprint density at radius 3 is 2.58 bits per heavy atom. The van der Waals surface area contributed by atoms with Crippen molar-refractivity contribution in [1.29, 1.82) is 0 Å². The van der Waals surface area contributed by atoms with Gasteiger partial charge >= 0.3 is 0 Å². The largest absolute Gasteiger partial charge is 0.352 e. The maximum absolute atomic E-state index is 12.6. The number of hydrogen-bond acceptors (Lipinski definition) is 2. The lowest BCUT2D eigenvalue weighted by Crippen LogP contribution is -2.45. The molecular formula is C20H25IN4O. The summed E-state index contributed by atoms with van der Waals surface area (Å²) in [5.41, 5.74) is 3.45. The monoisotopic (exact) mass is 464 g/mol. The van der Waals surface area contributed by atoms with Gasteiger partial charge in [0.1, 0.15) is 0 Å². The number of aliphatic imine (C=N–C) groups is 1. The first-order valence-electron chi connectivity index (χ1n) is 8.64. The molecule has 1 amide bonds. The van der Waals surface area contributed by atoms with Gasteiger partial charge < -0.3 is 15.5 Å². The van der Waals surface area contributed by atoms with Crippen LogP contribution in [0.25, 0.3) is 0 Å². The molecule has 0 saturated carbocycles. The molecule has 1 heterocycles. The molecule has 0 unspecified atom stereocenters. The van der Waals surface area contributed by atoms with Crippen molar-refractivity contribution < 1.29 is 4.79 Å². The lowest BCUT2D eigenvalue weighted by atomic mass is 10.0. The van der Waals surface area contributed by atoms with Crippen molar-refractivity contribution in [1.82, 2.24) is 10.6 Å². The van der Waals surface area contributed by atoms with Gasteiger partial charge in [-0.25, -0.2) is 0 Å². The average molecular weight is 464 g/mol. The van der Waals surface area contributed by atoms with E-state index in [1.165, 1.54) is 11.1 Å². The zero-order valence-corrected chi connectivity index (χ0v) is 17.3. The number of hydrogen-bond donors (Lipinski definition) is 2. The minimum absolute atomic E-state index is 0. The third-order valence-corrected chi connectivity index (χ3v) is 4.34. The Morgan fingerprint density at radius 2 is 1.81 bits per heavy atom. The number of benzene rings is 2. The van der Waals surface area contributed by atoms with Crippen molar-refractivity contribution in [3.63, 3.8) is 0 Å². The van der Waals surface area contributed by atoms with Gasteiger partial charge in [0, 0.05) is 25.8 Å². The minimum atomic E-state index is 0. The van der Waals surface area contributed by atoms with Gasteiger partial charge in [-0.15, -0.1) is 24.0 Å². The van der Waals surface area contributed by atoms with Crippen LogP contribution in [0.3, 0.4) is 0 Å². The number of para-hydroxylation sites is 1. The van der Waals surface area contributed by atoms with Crippen LogP contribution < -0.4 is 15.5 Å². The predicted octanol–water partition coefficient (Wildman–Crippen LogP) is 2.95. The highest BCUT2D eigenvalue weighted by atomic mass is 127. The molecule has 2 aromatic carbocycles. The van der Waals surface area contributed by atoms with Crippen molar-refractivity contribution in [2.45, 2.75) is 19.4 Å². The summed E-state index contributed by atoms with van der Waals surface area (Å²) in [5, 5.41) is 6.35. The van der Waals surface area contributed by atoms with E-state index in [9.17, 15) is 4.79 Å². The molecule has 3 rings (SSSR count). The van der Waals surface area contributed by atoms with Crippen molar-refractivity contribution >= 4 is 41.5 Å². The third-order valence-electron chi connectivity index (χ3n) is 4.34. The van der Waals surface area contributed by atoms with E-state index in [2.05, 4.69) is 33.8 Å². The number of aryl methyl sites for hydroxylation is 1. The minimum Gasteiger partial charge on any atom is -0.352 e. The highest BCUT2D eigenvalue weighted by molar-refractivity contribution is 14.0. The number of rotatable bonds is 4. The Kier molecular flexibility index (Phi) is 7.90. The maximum Gasteiger partial charge on any atom is 0.246 e. The number of anilines is 1. The first-order valence-corrected chi connectivity index (χ1v) is 8.64. The van der Waals surface area contributed by atoms with E-state index < -0.39 is 0 Å². The number of guanidine groups is 1. The van der Waals surface area contributed by atoms with Gasteiger partial charge in [-0.2, -0.15) is 0 Å². The lowest BCUT2D eigenvalue weighted by molar-refractivity contribution is -0.117. The summed E-state index contributed by atoms with van der Waals surface area (Å²) in [7, 11) is 1.71. The quantitative estimate of drug-likeness (QED) is 0.416. The van der Waals surface area contributed by atoms with E-state index >= 15 is 0 Å². The second kappa shape index (κ2) is 10.2. The van der Waals surface area contributed by atoms with Crippen LogP contribution in [0.4, 0.5) is 5.69 Å². The first kappa shape index (κ1) is 20.2. The number of halogens is 1. The van der Waals surface area contributed by atoms with Crippen LogP contribution in [0.5, 0.6) is 0 Å². The van der Waals surface area contributed by atoms with Gasteiger partial charge in [-0.3, -0.25) is 9.79 Å². The van der Waals surface area contributed by atoms with Crippen LogP contribution in [0.15, 0.2) is 59.6 Å². The van der Waals surface area contributed by atoms with Gasteiger partial charge in [0.15, 0.2) is 5.96 Å². The molecule has 2 N–H and O–H groups in total. The van der Waals surface area contributed by atoms with Gasteiger partial charge in [0.05, 0.1) is 6.54 Å². The van der Waals surface area contributed by atoms with Crippen molar-refractivity contribution in [2.24, 2.45) is 4.99 Å². The molecule has 2 aromatic rings. The van der Waals surface area contributed by atoms with Crippen molar-refractivity contribution in [2.75, 3.05) is 25.0 Å². The fourth-order valence-electron chi connectivity index (χ4n) is 3.05. The molecule has 0 saturated heterocycles. The highest BCUT2D eigenvalue weighted by Gasteiger charge is 2.21. The number of nitrogens with zero attached hydrogens (tertiary/aromatic N) is 2. The van der Waals surface area contributed by atoms with Crippen LogP contribution in [-0.2, 0) is 17.8 Å². The molecule has 6 heteroatoms. The Balaban J connectivity index is 0.00000243. The molecule has 5 nitrogen and oxygen atoms in total. The standard InChI is InChI=1S/C20H24N4O.HI/c1-21-20(22-14-16-8-3-2-4-9-16)23-15-19(25)24-13-7-11-17-10-5-6-12-18(17)24;/h2-6,8-10,12H,7,11,13-15H2,1H3,(H2,21,22,23);1H. The molecule has 26 heavy (non-hydrogen) atoms. The Labute approximate surface area is 171 Å². The summed E-state index contributed by atoms with van der Waals surface area (Å²) in [6, 6.07) is 18.2. The average Bonchev–Trinajstić information content (AvgIpc) is 2.68. The topological polar surface area (TPSA) is 56.7 Å². The molecule has 1 aliphatic rings. The molecule has 0 spiro atoms. The fraction of sp³-hybridized carbons (Fsp3) is 0.300. The molecule has 0 bridgehead atoms. The van der Waals surface area contributed by atoms with Crippen LogP contribution in [-0.4, -0.2) is 32.0 Å². The number of carbonyl (C=O) groups is 1. The molecule has 0 atom stereocenters. The Hall–Kier alpha value is -2.09. The first-order chi connectivity index (χ1) is 12.3. The summed E-state index contributed by atoms with van der Waals surface area (Å²) < 4.78 is 0. The zero-order chi connectivity index (χ0) is 17.5. The van der Waals surface area contributed by atoms with Gasteiger partial charge in [0.25, 0.3) is 0 Å². The summed E-state index contributed by atoms with van der Waals surface area (Å²) in [5.74, 6) is 0.692. The van der Waals surface area contributed by atoms with Crippen molar-refractivity contribution in [3.05, 3.63) is 65.7 Å². The molecule has 1 aliphatic heterocycles. The molecule has 0 radical (unpaired) electrons. The van der Waals surface area contributed by atoms with Gasteiger partial charge in [0.2, 0.25) is 5.91 Å². The van der Waals surface area contributed by atoms with E-state index in [-0.39, 0.29) is 36.4 Å². The molecule has 0 aliphatic carbocycles. The van der Waals surface area contributed by atoms with Crippen LogP contribution in [0, 0.1) is 0 Å². The van der Waals surface area contributed by atoms with Crippen molar-refractivity contribution in [3.8, 4) is 0 Å². The normalized spacial score (nSPS) is 13.4. The lowest BCUT2D eigenvalue weighted by Gasteiger charge is -2.29. The number of nitrogens with one attached hydrogen (secondary N) is 2. The van der Waals surface area contributed by atoms with E-state index in [1.54, 1.807) is 7.05 Å². The Morgan fingerprint density at radius 1 is 1.08 bits per heavy atom. The van der Waals surface area contributed by atoms with Crippen LogP contribution in [0.2, 0.25) is 0 Å². The number of fused-ring (bicyclic) bond motifs is 1. The van der Waals surface area contributed by atoms with E-state index in [4.69, 9.17) is 0 Å². The second-order valence-electron chi connectivity index (χ2n) is 6.04. The SMILES string of the molecule is CN=C(NCC(=O)N1CCCc2ccccc21)NCc1ccccc1.I. The van der Waals surface area contributed by atoms with E-state index in [0.29, 0.717) is 12.5 Å². The summed E-state index contributed by atoms with van der Waals surface area (Å²) in [4.78, 5) is 18.7. The molecule has 0 aromatic heterocycles. The van der Waals surface area contributed by atoms with Crippen LogP contribution in [0.1, 0.15) is 17.5 Å². The molecular weight excluding hydrogens is 439 g/mol. The Bertz CT molecular complexity index is 748. The summed E-state index contributed by atoms with van der Waals surface area (Å²) in [6.45, 7) is 1.66. The summed E-state index contributed by atoms with van der Waals surface area (Å²) >= 11 is 0. The fourth-order valence-corrected chi connectivity index (χ4v) is 3.05. The number of carbonyl (C=O) groups excluding carboxylic acids is 1. The highest BCUT2D eigenvalue weighted by Crippen LogP contribution is 2.26. The zero-order valence-electron chi connectivity index (χ0n) is 14.9. The predicted molar refractivity (Wildman–Crippen MR) is 117 cm³/mol. The smallest absolute Gasteiger partial charge is 0.246 e. The van der Waals surface area contributed by atoms with E-state index in [0.717, 1.165) is 25.1 Å². The molecule has 138 valence electrons. The third kappa shape index (κ3) is 5.20.